The summed E-state index contributed by atoms with van der Waals surface area (Å²) < 4.78 is 2.77. The Morgan fingerprint density at radius 2 is 1.50 bits per heavy atom. The first-order valence-electron chi connectivity index (χ1n) is 2.67. The molecule has 2 rings (SSSR count). The van der Waals surface area contributed by atoms with Gasteiger partial charge in [-0.15, -0.1) is 4.51 Å². The molecule has 0 amide bonds. The number of hydrogen-bond acceptors (Lipinski definition) is 2. The average Bonchev–Trinajstić information content (AvgIpc) is 1.97. The van der Waals surface area contributed by atoms with E-state index in [0.717, 1.165) is 0 Å². The number of rotatable bonds is 0. The molecule has 0 N–H and O–H groups in total. The Kier molecular flexibility index (Phi) is 2.57. The Morgan fingerprint density at radius 1 is 1.20 bits per heavy atom. The monoisotopic (exact) mass is 169 g/mol. The minimum Gasteiger partial charge on any atom is -0.121 e. The molecule has 0 atom stereocenters. The molecule has 1 nitrogen and oxygen atoms in total. The SMILES string of the molecule is S=C=NCl.c1cc2ccc1-2. The van der Waals surface area contributed by atoms with Crippen molar-refractivity contribution in [3.05, 3.63) is 24.3 Å². The Labute approximate surface area is 69.5 Å². The fourth-order valence-electron chi connectivity index (χ4n) is 0.663. The molecule has 0 saturated carbocycles. The van der Waals surface area contributed by atoms with Gasteiger partial charge in [0, 0.05) is 11.8 Å². The molecule has 0 saturated heterocycles. The van der Waals surface area contributed by atoms with Crippen LogP contribution in [0.1, 0.15) is 0 Å². The quantitative estimate of drug-likeness (QED) is 0.436. The molecule has 0 aromatic rings. The molecule has 10 heavy (non-hydrogen) atoms. The first-order chi connectivity index (χ1) is 4.88. The van der Waals surface area contributed by atoms with E-state index in [1.807, 2.05) is 5.16 Å². The maximum atomic E-state index is 4.60. The predicted molar refractivity (Wildman–Crippen MR) is 46.3 cm³/mol. The van der Waals surface area contributed by atoms with Crippen LogP contribution in [0.4, 0.5) is 0 Å². The van der Waals surface area contributed by atoms with E-state index in [-0.39, 0.29) is 0 Å². The summed E-state index contributed by atoms with van der Waals surface area (Å²) >= 11 is 8.60. The van der Waals surface area contributed by atoms with Crippen molar-refractivity contribution in [2.24, 2.45) is 4.51 Å². The number of isothiocyanates is 1. The fourth-order valence-corrected chi connectivity index (χ4v) is 0.663. The molecule has 3 heteroatoms. The molecule has 0 heterocycles. The summed E-state index contributed by atoms with van der Waals surface area (Å²) in [5.41, 5.74) is 2.85. The Balaban J connectivity index is 0.000000112. The Morgan fingerprint density at radius 3 is 1.50 bits per heavy atom. The second-order valence-corrected chi connectivity index (χ2v) is 2.10. The van der Waals surface area contributed by atoms with E-state index in [9.17, 15) is 0 Å². The van der Waals surface area contributed by atoms with E-state index in [0.29, 0.717) is 0 Å². The summed E-state index contributed by atoms with van der Waals surface area (Å²) in [7, 11) is 0. The van der Waals surface area contributed by atoms with Gasteiger partial charge in [0.25, 0.3) is 0 Å². The van der Waals surface area contributed by atoms with Crippen LogP contribution in [-0.2, 0) is 0 Å². The normalized spacial score (nSPS) is 8.50. The number of halogens is 1. The summed E-state index contributed by atoms with van der Waals surface area (Å²) in [5.74, 6) is 0. The van der Waals surface area contributed by atoms with Gasteiger partial charge < -0.3 is 0 Å². The van der Waals surface area contributed by atoms with Crippen LogP contribution in [-0.4, -0.2) is 5.16 Å². The van der Waals surface area contributed by atoms with Crippen molar-refractivity contribution in [1.82, 2.24) is 0 Å². The van der Waals surface area contributed by atoms with Crippen molar-refractivity contribution in [1.29, 1.82) is 0 Å². The van der Waals surface area contributed by atoms with Gasteiger partial charge in [0.2, 0.25) is 0 Å². The summed E-state index contributed by atoms with van der Waals surface area (Å²) in [6.45, 7) is 0. The highest BCUT2D eigenvalue weighted by molar-refractivity contribution is 7.78. The zero-order chi connectivity index (χ0) is 7.40. The molecule has 0 aliphatic heterocycles. The third kappa shape index (κ3) is 1.42. The Hall–Kier alpha value is -0.690. The first-order valence-corrected chi connectivity index (χ1v) is 3.41. The van der Waals surface area contributed by atoms with Crippen molar-refractivity contribution in [3.8, 4) is 11.1 Å². The predicted octanol–water partition coefficient (Wildman–Crippen LogP) is 2.91. The molecule has 0 spiro atoms. The zero-order valence-electron chi connectivity index (χ0n) is 5.04. The molecule has 2 aliphatic rings. The van der Waals surface area contributed by atoms with E-state index in [2.05, 4.69) is 52.8 Å². The minimum absolute atomic E-state index is 1.43. The molecule has 0 unspecified atom stereocenters. The number of benzene rings is 1. The first kappa shape index (κ1) is 7.42. The van der Waals surface area contributed by atoms with Gasteiger partial charge >= 0.3 is 0 Å². The van der Waals surface area contributed by atoms with Gasteiger partial charge in [-0.2, -0.15) is 0 Å². The number of thiocarbonyl (C=S) groups is 1. The smallest absolute Gasteiger partial charge is 0.0785 e. The van der Waals surface area contributed by atoms with E-state index < -0.39 is 0 Å². The van der Waals surface area contributed by atoms with Crippen molar-refractivity contribution in [2.75, 3.05) is 0 Å². The molecule has 2 aliphatic carbocycles. The van der Waals surface area contributed by atoms with E-state index in [1.165, 1.54) is 11.1 Å². The lowest BCUT2D eigenvalue weighted by Crippen LogP contribution is -1.85. The third-order valence-electron chi connectivity index (χ3n) is 1.25. The van der Waals surface area contributed by atoms with Crippen LogP contribution in [0, 0.1) is 0 Å². The summed E-state index contributed by atoms with van der Waals surface area (Å²) in [4.78, 5) is 0. The van der Waals surface area contributed by atoms with Gasteiger partial charge in [-0.05, 0) is 23.3 Å². The van der Waals surface area contributed by atoms with Crippen LogP contribution >= 0.6 is 24.0 Å². The average molecular weight is 170 g/mol. The number of fused-ring (bicyclic) bond motifs is 1. The standard InChI is InChI=1S/C6H4.CClNS/c1-2-6-4-3-5(1)6;2-3-1-4/h1-4H;. The van der Waals surface area contributed by atoms with Gasteiger partial charge in [-0.1, -0.05) is 24.3 Å². The molecular weight excluding hydrogens is 166 g/mol. The highest BCUT2D eigenvalue weighted by Gasteiger charge is 2.03. The van der Waals surface area contributed by atoms with Gasteiger partial charge in [-0.3, -0.25) is 0 Å². The van der Waals surface area contributed by atoms with Gasteiger partial charge in [0.15, 0.2) is 0 Å². The van der Waals surface area contributed by atoms with Crippen LogP contribution in [0.25, 0.3) is 11.1 Å². The maximum absolute atomic E-state index is 4.60. The second-order valence-electron chi connectivity index (χ2n) is 1.75. The highest BCUT2D eigenvalue weighted by atomic mass is 35.5. The van der Waals surface area contributed by atoms with E-state index in [1.54, 1.807) is 0 Å². The minimum atomic E-state index is 1.43. The molecule has 0 radical (unpaired) electrons. The summed E-state index contributed by atoms with van der Waals surface area (Å²) in [6.07, 6.45) is 0. The maximum Gasteiger partial charge on any atom is 0.0785 e. The molecule has 0 aromatic carbocycles. The summed E-state index contributed by atoms with van der Waals surface area (Å²) in [5, 5.41) is 1.90. The van der Waals surface area contributed by atoms with Crippen molar-refractivity contribution in [3.63, 3.8) is 0 Å². The van der Waals surface area contributed by atoms with Crippen molar-refractivity contribution in [2.45, 2.75) is 0 Å². The largest absolute Gasteiger partial charge is 0.121 e. The highest BCUT2D eigenvalue weighted by Crippen LogP contribution is 2.29. The molecule has 0 bridgehead atoms. The van der Waals surface area contributed by atoms with Crippen LogP contribution in [0.5, 0.6) is 0 Å². The van der Waals surface area contributed by atoms with Crippen LogP contribution < -0.4 is 0 Å². The van der Waals surface area contributed by atoms with E-state index >= 15 is 0 Å². The van der Waals surface area contributed by atoms with Crippen molar-refractivity contribution < 1.29 is 0 Å². The number of hydrogen-bond donors (Lipinski definition) is 0. The summed E-state index contributed by atoms with van der Waals surface area (Å²) in [6, 6.07) is 8.48. The molecule has 0 aromatic heterocycles. The lowest BCUT2D eigenvalue weighted by molar-refractivity contribution is 1.55. The van der Waals surface area contributed by atoms with Crippen LogP contribution in [0.15, 0.2) is 28.8 Å². The lowest BCUT2D eigenvalue weighted by atomic mass is 9.95. The third-order valence-corrected chi connectivity index (χ3v) is 1.53. The second kappa shape index (κ2) is 3.47. The lowest BCUT2D eigenvalue weighted by Gasteiger charge is -2.10. The van der Waals surface area contributed by atoms with Gasteiger partial charge in [0.05, 0.1) is 5.16 Å². The molecule has 50 valence electrons. The topological polar surface area (TPSA) is 12.4 Å². The Bertz CT molecular complexity index is 240. The zero-order valence-corrected chi connectivity index (χ0v) is 6.62. The van der Waals surface area contributed by atoms with Crippen molar-refractivity contribution >= 4 is 29.2 Å². The van der Waals surface area contributed by atoms with E-state index in [4.69, 9.17) is 0 Å². The van der Waals surface area contributed by atoms with Gasteiger partial charge in [-0.25, -0.2) is 0 Å². The molecular formula is C7H4ClNS. The van der Waals surface area contributed by atoms with Crippen LogP contribution in [0.2, 0.25) is 0 Å². The van der Waals surface area contributed by atoms with Crippen LogP contribution in [0.3, 0.4) is 0 Å². The number of nitrogens with zero attached hydrogens (tertiary/aromatic N) is 1. The van der Waals surface area contributed by atoms with Gasteiger partial charge in [0.1, 0.15) is 0 Å². The fraction of sp³-hybridized carbons (Fsp3) is 0. The molecule has 0 fully saturated rings.